The first-order valence-electron chi connectivity index (χ1n) is 7.35. The molecule has 1 aliphatic heterocycles. The molecule has 1 heterocycles. The third-order valence-electron chi connectivity index (χ3n) is 4.62. The highest BCUT2D eigenvalue weighted by molar-refractivity contribution is 7.86. The molecule has 1 N–H and O–H groups in total. The SMILES string of the molecule is CCCCN(C)S(=O)(=O)N1CC2CCCC2C1C(=O)O. The summed E-state index contributed by atoms with van der Waals surface area (Å²) in [5, 5.41) is 9.43. The van der Waals surface area contributed by atoms with Crippen molar-refractivity contribution in [2.24, 2.45) is 11.8 Å². The summed E-state index contributed by atoms with van der Waals surface area (Å²) in [4.78, 5) is 11.5. The van der Waals surface area contributed by atoms with E-state index < -0.39 is 22.2 Å². The molecule has 0 bridgehead atoms. The molecule has 20 heavy (non-hydrogen) atoms. The molecule has 6 nitrogen and oxygen atoms in total. The van der Waals surface area contributed by atoms with Gasteiger partial charge in [0.15, 0.2) is 0 Å². The highest BCUT2D eigenvalue weighted by Gasteiger charge is 2.52. The van der Waals surface area contributed by atoms with Crippen molar-refractivity contribution in [3.63, 3.8) is 0 Å². The van der Waals surface area contributed by atoms with Crippen LogP contribution in [0.2, 0.25) is 0 Å². The molecule has 0 radical (unpaired) electrons. The molecule has 3 atom stereocenters. The molecule has 0 amide bonds. The quantitative estimate of drug-likeness (QED) is 0.798. The van der Waals surface area contributed by atoms with Crippen molar-refractivity contribution in [2.75, 3.05) is 20.1 Å². The summed E-state index contributed by atoms with van der Waals surface area (Å²) in [7, 11) is -2.12. The molecule has 1 saturated carbocycles. The van der Waals surface area contributed by atoms with Crippen LogP contribution >= 0.6 is 0 Å². The number of carbonyl (C=O) groups is 1. The van der Waals surface area contributed by atoms with Crippen LogP contribution in [-0.4, -0.2) is 54.3 Å². The Bertz CT molecular complexity index is 465. The Balaban J connectivity index is 2.20. The van der Waals surface area contributed by atoms with Crippen molar-refractivity contribution >= 4 is 16.2 Å². The van der Waals surface area contributed by atoms with Crippen LogP contribution in [0.4, 0.5) is 0 Å². The van der Waals surface area contributed by atoms with Crippen LogP contribution in [0.1, 0.15) is 39.0 Å². The lowest BCUT2D eigenvalue weighted by atomic mass is 9.94. The summed E-state index contributed by atoms with van der Waals surface area (Å²) in [5.74, 6) is -0.806. The number of nitrogens with zero attached hydrogens (tertiary/aromatic N) is 2. The summed E-state index contributed by atoms with van der Waals surface area (Å²) in [6.07, 6.45) is 4.48. The van der Waals surface area contributed by atoms with Crippen molar-refractivity contribution in [3.05, 3.63) is 0 Å². The number of aliphatic carboxylic acids is 1. The first-order chi connectivity index (χ1) is 9.39. The van der Waals surface area contributed by atoms with Crippen LogP contribution < -0.4 is 0 Å². The maximum absolute atomic E-state index is 12.6. The largest absolute Gasteiger partial charge is 0.480 e. The summed E-state index contributed by atoms with van der Waals surface area (Å²) in [6, 6.07) is -0.878. The predicted octanol–water partition coefficient (Wildman–Crippen LogP) is 1.15. The third kappa shape index (κ3) is 2.71. The van der Waals surface area contributed by atoms with Gasteiger partial charge in [0, 0.05) is 20.1 Å². The van der Waals surface area contributed by atoms with Crippen molar-refractivity contribution in [1.29, 1.82) is 0 Å². The normalized spacial score (nSPS) is 30.9. The maximum Gasteiger partial charge on any atom is 0.322 e. The average Bonchev–Trinajstić information content (AvgIpc) is 2.94. The minimum Gasteiger partial charge on any atom is -0.480 e. The molecule has 0 aromatic heterocycles. The predicted molar refractivity (Wildman–Crippen MR) is 75.4 cm³/mol. The lowest BCUT2D eigenvalue weighted by molar-refractivity contribution is -0.142. The lowest BCUT2D eigenvalue weighted by Gasteiger charge is -2.28. The lowest BCUT2D eigenvalue weighted by Crippen LogP contribution is -2.49. The fourth-order valence-corrected chi connectivity index (χ4v) is 5.12. The van der Waals surface area contributed by atoms with E-state index in [1.807, 2.05) is 6.92 Å². The van der Waals surface area contributed by atoms with Gasteiger partial charge in [0.2, 0.25) is 0 Å². The van der Waals surface area contributed by atoms with Crippen LogP contribution in [0, 0.1) is 11.8 Å². The number of rotatable bonds is 6. The second kappa shape index (κ2) is 5.99. The zero-order chi connectivity index (χ0) is 14.9. The highest BCUT2D eigenvalue weighted by Crippen LogP contribution is 2.43. The first kappa shape index (κ1) is 15.7. The number of hydrogen-bond donors (Lipinski definition) is 1. The first-order valence-corrected chi connectivity index (χ1v) is 8.75. The van der Waals surface area contributed by atoms with Crippen LogP contribution in [0.3, 0.4) is 0 Å². The minimum atomic E-state index is -3.66. The molecule has 3 unspecified atom stereocenters. The van der Waals surface area contributed by atoms with E-state index in [-0.39, 0.29) is 11.8 Å². The molecular formula is C13H24N2O4S. The third-order valence-corrected chi connectivity index (χ3v) is 6.56. The van der Waals surface area contributed by atoms with Crippen LogP contribution in [0.15, 0.2) is 0 Å². The fraction of sp³-hybridized carbons (Fsp3) is 0.923. The zero-order valence-corrected chi connectivity index (χ0v) is 13.0. The molecule has 2 fully saturated rings. The Labute approximate surface area is 120 Å². The summed E-state index contributed by atoms with van der Waals surface area (Å²) >= 11 is 0. The molecule has 7 heteroatoms. The molecule has 2 rings (SSSR count). The second-order valence-corrected chi connectivity index (χ2v) is 7.88. The van der Waals surface area contributed by atoms with Crippen molar-refractivity contribution in [2.45, 2.75) is 45.1 Å². The van der Waals surface area contributed by atoms with Crippen molar-refractivity contribution in [1.82, 2.24) is 8.61 Å². The Kier molecular flexibility index (Phi) is 4.71. The van der Waals surface area contributed by atoms with Gasteiger partial charge in [-0.15, -0.1) is 0 Å². The van der Waals surface area contributed by atoms with Gasteiger partial charge in [-0.25, -0.2) is 0 Å². The number of carboxylic acid groups (broad SMARTS) is 1. The van der Waals surface area contributed by atoms with Gasteiger partial charge in [0.05, 0.1) is 0 Å². The average molecular weight is 304 g/mol. The molecule has 0 aromatic rings. The molecular weight excluding hydrogens is 280 g/mol. The van der Waals surface area contributed by atoms with E-state index in [1.54, 1.807) is 0 Å². The summed E-state index contributed by atoms with van der Waals surface area (Å²) < 4.78 is 27.7. The van der Waals surface area contributed by atoms with E-state index in [0.29, 0.717) is 13.1 Å². The Hall–Kier alpha value is -0.660. The second-order valence-electron chi connectivity index (χ2n) is 5.89. The molecule has 1 aliphatic carbocycles. The molecule has 116 valence electrons. The van der Waals surface area contributed by atoms with E-state index >= 15 is 0 Å². The number of hydrogen-bond acceptors (Lipinski definition) is 3. The standard InChI is InChI=1S/C13H24N2O4S/c1-3-4-8-14(2)20(18,19)15-9-10-6-5-7-11(10)12(15)13(16)17/h10-12H,3-9H2,1-2H3,(H,16,17). The molecule has 1 saturated heterocycles. The summed E-state index contributed by atoms with van der Waals surface area (Å²) in [5.41, 5.74) is 0. The van der Waals surface area contributed by atoms with Crippen LogP contribution in [-0.2, 0) is 15.0 Å². The highest BCUT2D eigenvalue weighted by atomic mass is 32.2. The van der Waals surface area contributed by atoms with Crippen molar-refractivity contribution in [3.8, 4) is 0 Å². The van der Waals surface area contributed by atoms with Gasteiger partial charge in [-0.05, 0) is 31.1 Å². The number of unbranched alkanes of at least 4 members (excludes halogenated alkanes) is 1. The Morgan fingerprint density at radius 1 is 1.40 bits per heavy atom. The van der Waals surface area contributed by atoms with E-state index in [0.717, 1.165) is 32.1 Å². The van der Waals surface area contributed by atoms with Gasteiger partial charge in [-0.2, -0.15) is 17.0 Å². The summed E-state index contributed by atoms with van der Waals surface area (Å²) in [6.45, 7) is 2.80. The van der Waals surface area contributed by atoms with Gasteiger partial charge in [-0.1, -0.05) is 19.8 Å². The smallest absolute Gasteiger partial charge is 0.322 e. The molecule has 0 spiro atoms. The Morgan fingerprint density at radius 3 is 2.70 bits per heavy atom. The monoisotopic (exact) mass is 304 g/mol. The van der Waals surface area contributed by atoms with Gasteiger partial charge < -0.3 is 5.11 Å². The Morgan fingerprint density at radius 2 is 2.10 bits per heavy atom. The van der Waals surface area contributed by atoms with Crippen molar-refractivity contribution < 1.29 is 18.3 Å². The van der Waals surface area contributed by atoms with E-state index in [4.69, 9.17) is 0 Å². The number of fused-ring (bicyclic) bond motifs is 1. The van der Waals surface area contributed by atoms with Gasteiger partial charge in [-0.3, -0.25) is 4.79 Å². The van der Waals surface area contributed by atoms with Crippen LogP contribution in [0.5, 0.6) is 0 Å². The number of carboxylic acids is 1. The van der Waals surface area contributed by atoms with E-state index in [9.17, 15) is 18.3 Å². The topological polar surface area (TPSA) is 77.9 Å². The van der Waals surface area contributed by atoms with Gasteiger partial charge >= 0.3 is 5.97 Å². The van der Waals surface area contributed by atoms with Gasteiger partial charge in [0.1, 0.15) is 6.04 Å². The molecule has 0 aromatic carbocycles. The zero-order valence-electron chi connectivity index (χ0n) is 12.2. The van der Waals surface area contributed by atoms with Crippen LogP contribution in [0.25, 0.3) is 0 Å². The maximum atomic E-state index is 12.6. The molecule has 2 aliphatic rings. The van der Waals surface area contributed by atoms with E-state index in [1.165, 1.54) is 15.7 Å². The van der Waals surface area contributed by atoms with E-state index in [2.05, 4.69) is 0 Å². The minimum absolute atomic E-state index is 0.0122. The van der Waals surface area contributed by atoms with Gasteiger partial charge in [0.25, 0.3) is 10.2 Å². The fourth-order valence-electron chi connectivity index (χ4n) is 3.49.